The van der Waals surface area contributed by atoms with Crippen molar-refractivity contribution in [2.45, 2.75) is 26.6 Å². The van der Waals surface area contributed by atoms with E-state index in [1.807, 2.05) is 32.0 Å². The highest BCUT2D eigenvalue weighted by Gasteiger charge is 2.12. The van der Waals surface area contributed by atoms with Gasteiger partial charge in [0.2, 0.25) is 0 Å². The minimum Gasteiger partial charge on any atom is -0.491 e. The molecular weight excluding hydrogens is 178 g/mol. The normalized spacial score (nSPS) is 13.6. The number of fused-ring (bicyclic) bond motifs is 1. The van der Waals surface area contributed by atoms with E-state index in [-0.39, 0.29) is 6.10 Å². The Hall–Kier alpha value is -1.51. The van der Waals surface area contributed by atoms with E-state index in [4.69, 9.17) is 9.47 Å². The van der Waals surface area contributed by atoms with Crippen LogP contribution in [0.5, 0.6) is 5.75 Å². The second kappa shape index (κ2) is 3.70. The van der Waals surface area contributed by atoms with Crippen molar-refractivity contribution in [2.75, 3.05) is 0 Å². The fourth-order valence-corrected chi connectivity index (χ4v) is 1.40. The number of benzene rings is 1. The van der Waals surface area contributed by atoms with E-state index < -0.39 is 0 Å². The first-order valence-corrected chi connectivity index (χ1v) is 4.70. The molecule has 0 saturated heterocycles. The zero-order valence-electron chi connectivity index (χ0n) is 8.36. The summed E-state index contributed by atoms with van der Waals surface area (Å²) in [5.74, 6) is 0.870. The van der Waals surface area contributed by atoms with Crippen LogP contribution < -0.4 is 4.74 Å². The number of hydrogen-bond acceptors (Lipinski definition) is 3. The number of hydrogen-bond donors (Lipinski definition) is 0. The molecule has 0 radical (unpaired) electrons. The van der Waals surface area contributed by atoms with Crippen molar-refractivity contribution in [3.05, 3.63) is 23.8 Å². The summed E-state index contributed by atoms with van der Waals surface area (Å²) in [4.78, 5) is 4.13. The molecule has 0 N–H and O–H groups in total. The lowest BCUT2D eigenvalue weighted by atomic mass is 10.1. The lowest BCUT2D eigenvalue weighted by molar-refractivity contribution is 0.229. The highest BCUT2D eigenvalue weighted by Crippen LogP contribution is 2.31. The summed E-state index contributed by atoms with van der Waals surface area (Å²) in [6, 6.07) is 5.85. The number of ether oxygens (including phenoxy) is 2. The van der Waals surface area contributed by atoms with Crippen LogP contribution in [0.2, 0.25) is 0 Å². The number of nitrogens with zero attached hydrogens (tertiary/aromatic N) is 1. The largest absolute Gasteiger partial charge is 0.491 e. The monoisotopic (exact) mass is 191 g/mol. The Morgan fingerprint density at radius 3 is 3.07 bits per heavy atom. The molecule has 0 aliphatic carbocycles. The lowest BCUT2D eigenvalue weighted by Gasteiger charge is -2.17. The molecule has 1 aliphatic rings. The molecular formula is C11H13NO2. The maximum atomic E-state index is 5.66. The van der Waals surface area contributed by atoms with Gasteiger partial charge in [0, 0.05) is 0 Å². The van der Waals surface area contributed by atoms with E-state index in [1.54, 1.807) is 0 Å². The minimum atomic E-state index is 0.174. The second-order valence-corrected chi connectivity index (χ2v) is 3.47. The van der Waals surface area contributed by atoms with E-state index in [9.17, 15) is 0 Å². The second-order valence-electron chi connectivity index (χ2n) is 3.47. The molecule has 0 atom stereocenters. The van der Waals surface area contributed by atoms with E-state index in [2.05, 4.69) is 4.99 Å². The van der Waals surface area contributed by atoms with Gasteiger partial charge in [-0.15, -0.1) is 0 Å². The molecule has 1 heterocycles. The molecule has 0 bridgehead atoms. The Labute approximate surface area is 83.4 Å². The molecule has 1 aromatic rings. The van der Waals surface area contributed by atoms with E-state index in [1.165, 1.54) is 6.40 Å². The van der Waals surface area contributed by atoms with Crippen LogP contribution in [-0.4, -0.2) is 12.5 Å². The van der Waals surface area contributed by atoms with E-state index >= 15 is 0 Å². The molecule has 0 spiro atoms. The van der Waals surface area contributed by atoms with Gasteiger partial charge >= 0.3 is 0 Å². The van der Waals surface area contributed by atoms with Gasteiger partial charge in [-0.3, -0.25) is 0 Å². The molecule has 3 heteroatoms. The Bertz CT molecular complexity index is 358. The van der Waals surface area contributed by atoms with Gasteiger partial charge in [-0.25, -0.2) is 4.99 Å². The minimum absolute atomic E-state index is 0.174. The van der Waals surface area contributed by atoms with Crippen LogP contribution in [0.4, 0.5) is 5.69 Å². The third kappa shape index (κ3) is 1.71. The van der Waals surface area contributed by atoms with Crippen LogP contribution in [0, 0.1) is 0 Å². The highest BCUT2D eigenvalue weighted by atomic mass is 16.5. The van der Waals surface area contributed by atoms with Crippen LogP contribution in [-0.2, 0) is 11.3 Å². The average molecular weight is 191 g/mol. The van der Waals surface area contributed by atoms with Crippen molar-refractivity contribution in [1.82, 2.24) is 0 Å². The summed E-state index contributed by atoms with van der Waals surface area (Å²) in [5.41, 5.74) is 1.97. The molecule has 0 fully saturated rings. The van der Waals surface area contributed by atoms with Crippen LogP contribution in [0.15, 0.2) is 23.2 Å². The Morgan fingerprint density at radius 2 is 2.29 bits per heavy atom. The molecule has 74 valence electrons. The predicted molar refractivity (Wildman–Crippen MR) is 55.1 cm³/mol. The molecule has 0 amide bonds. The molecule has 14 heavy (non-hydrogen) atoms. The van der Waals surface area contributed by atoms with Crippen molar-refractivity contribution < 1.29 is 9.47 Å². The molecule has 2 rings (SSSR count). The van der Waals surface area contributed by atoms with Crippen LogP contribution in [0.3, 0.4) is 0 Å². The van der Waals surface area contributed by atoms with Gasteiger partial charge < -0.3 is 9.47 Å². The standard InChI is InChI=1S/C11H13NO2/c1-8(2)14-11-5-3-4-10-9(11)6-13-7-12-10/h3-5,7-8H,6H2,1-2H3. The summed E-state index contributed by atoms with van der Waals surface area (Å²) in [6.07, 6.45) is 1.65. The zero-order chi connectivity index (χ0) is 9.97. The summed E-state index contributed by atoms with van der Waals surface area (Å²) < 4.78 is 10.8. The molecule has 0 saturated carbocycles. The van der Waals surface area contributed by atoms with Crippen LogP contribution in [0.1, 0.15) is 19.4 Å². The molecule has 0 unspecified atom stereocenters. The summed E-state index contributed by atoms with van der Waals surface area (Å²) in [5, 5.41) is 0. The van der Waals surface area contributed by atoms with Crippen molar-refractivity contribution >= 4 is 12.1 Å². The quantitative estimate of drug-likeness (QED) is 0.719. The topological polar surface area (TPSA) is 30.8 Å². The van der Waals surface area contributed by atoms with E-state index in [0.29, 0.717) is 6.61 Å². The summed E-state index contributed by atoms with van der Waals surface area (Å²) >= 11 is 0. The Kier molecular flexibility index (Phi) is 2.39. The summed E-state index contributed by atoms with van der Waals surface area (Å²) in [7, 11) is 0. The first kappa shape index (κ1) is 9.06. The van der Waals surface area contributed by atoms with Gasteiger partial charge in [0.1, 0.15) is 12.4 Å². The maximum absolute atomic E-state index is 5.66. The van der Waals surface area contributed by atoms with Gasteiger partial charge in [-0.2, -0.15) is 0 Å². The smallest absolute Gasteiger partial charge is 0.175 e. The fourth-order valence-electron chi connectivity index (χ4n) is 1.40. The maximum Gasteiger partial charge on any atom is 0.175 e. The SMILES string of the molecule is CC(C)Oc1cccc2c1COC=N2. The third-order valence-corrected chi connectivity index (χ3v) is 1.96. The molecule has 1 aliphatic heterocycles. The number of aliphatic imine (C=N–C) groups is 1. The Morgan fingerprint density at radius 1 is 1.43 bits per heavy atom. The predicted octanol–water partition coefficient (Wildman–Crippen LogP) is 2.66. The van der Waals surface area contributed by atoms with Crippen molar-refractivity contribution in [1.29, 1.82) is 0 Å². The van der Waals surface area contributed by atoms with Crippen molar-refractivity contribution in [3.8, 4) is 5.75 Å². The van der Waals surface area contributed by atoms with Gasteiger partial charge in [0.15, 0.2) is 6.40 Å². The molecule has 0 aromatic heterocycles. The molecule has 3 nitrogen and oxygen atoms in total. The van der Waals surface area contributed by atoms with Gasteiger partial charge in [0.25, 0.3) is 0 Å². The van der Waals surface area contributed by atoms with Crippen LogP contribution in [0.25, 0.3) is 0 Å². The highest BCUT2D eigenvalue weighted by molar-refractivity contribution is 5.64. The Balaban J connectivity index is 2.36. The van der Waals surface area contributed by atoms with Crippen LogP contribution >= 0.6 is 0 Å². The number of rotatable bonds is 2. The van der Waals surface area contributed by atoms with Crippen molar-refractivity contribution in [2.24, 2.45) is 4.99 Å². The van der Waals surface area contributed by atoms with Gasteiger partial charge in [-0.05, 0) is 26.0 Å². The lowest BCUT2D eigenvalue weighted by Crippen LogP contribution is -2.09. The first-order valence-electron chi connectivity index (χ1n) is 4.70. The third-order valence-electron chi connectivity index (χ3n) is 1.96. The van der Waals surface area contributed by atoms with Crippen molar-refractivity contribution in [3.63, 3.8) is 0 Å². The zero-order valence-corrected chi connectivity index (χ0v) is 8.36. The first-order chi connectivity index (χ1) is 6.77. The average Bonchev–Trinajstić information content (AvgIpc) is 2.18. The summed E-state index contributed by atoms with van der Waals surface area (Å²) in [6.45, 7) is 4.56. The van der Waals surface area contributed by atoms with E-state index in [0.717, 1.165) is 17.0 Å². The van der Waals surface area contributed by atoms with Gasteiger partial charge in [0.05, 0.1) is 17.4 Å². The fraction of sp³-hybridized carbons (Fsp3) is 0.364. The van der Waals surface area contributed by atoms with Gasteiger partial charge in [-0.1, -0.05) is 6.07 Å². The molecule has 1 aromatic carbocycles.